The molecule has 1 rings (SSSR count). The first-order valence-electron chi connectivity index (χ1n) is 5.24. The van der Waals surface area contributed by atoms with Crippen LogP contribution < -0.4 is 0 Å². The van der Waals surface area contributed by atoms with Gasteiger partial charge in [0.1, 0.15) is 6.04 Å². The van der Waals surface area contributed by atoms with Crippen molar-refractivity contribution in [1.82, 2.24) is 9.80 Å². The molecular formula is C10H19F3N2. The van der Waals surface area contributed by atoms with E-state index in [4.69, 9.17) is 0 Å². The Bertz CT molecular complexity index is 203. The topological polar surface area (TPSA) is 6.48 Å². The molecule has 0 aromatic rings. The Morgan fingerprint density at radius 1 is 1.33 bits per heavy atom. The summed E-state index contributed by atoms with van der Waals surface area (Å²) in [4.78, 5) is 3.28. The molecule has 2 atom stereocenters. The van der Waals surface area contributed by atoms with Gasteiger partial charge in [-0.15, -0.1) is 0 Å². The minimum atomic E-state index is -4.12. The molecule has 0 bridgehead atoms. The fraction of sp³-hybridized carbons (Fsp3) is 1.00. The summed E-state index contributed by atoms with van der Waals surface area (Å²) in [6.07, 6.45) is -2.58. The average molecular weight is 224 g/mol. The first-order valence-corrected chi connectivity index (χ1v) is 5.24. The van der Waals surface area contributed by atoms with Gasteiger partial charge in [0.15, 0.2) is 0 Å². The molecule has 1 aliphatic rings. The van der Waals surface area contributed by atoms with Gasteiger partial charge in [-0.1, -0.05) is 0 Å². The second-order valence-electron chi connectivity index (χ2n) is 4.61. The minimum Gasteiger partial charge on any atom is -0.306 e. The molecular weight excluding hydrogens is 205 g/mol. The normalized spacial score (nSPS) is 27.0. The van der Waals surface area contributed by atoms with E-state index in [9.17, 15) is 13.2 Å². The molecule has 5 heteroatoms. The van der Waals surface area contributed by atoms with Gasteiger partial charge in [0.2, 0.25) is 0 Å². The van der Waals surface area contributed by atoms with Crippen molar-refractivity contribution in [1.29, 1.82) is 0 Å². The number of halogens is 3. The molecule has 0 aromatic carbocycles. The highest BCUT2D eigenvalue weighted by Crippen LogP contribution is 2.33. The van der Waals surface area contributed by atoms with Gasteiger partial charge in [-0.05, 0) is 46.4 Å². The third kappa shape index (κ3) is 3.34. The number of rotatable bonds is 2. The van der Waals surface area contributed by atoms with Crippen LogP contribution >= 0.6 is 0 Å². The summed E-state index contributed by atoms with van der Waals surface area (Å²) in [5.74, 6) is -0.293. The zero-order chi connectivity index (χ0) is 11.6. The molecule has 0 spiro atoms. The molecule has 1 saturated heterocycles. The van der Waals surface area contributed by atoms with E-state index >= 15 is 0 Å². The molecule has 1 heterocycles. The standard InChI is InChI=1S/C10H19F3N2/c1-14(2)9(10(11,12)13)8-5-4-6-15(3)7-8/h8-9H,4-7H2,1-3H3. The van der Waals surface area contributed by atoms with E-state index < -0.39 is 12.2 Å². The summed E-state index contributed by atoms with van der Waals surface area (Å²) in [5, 5.41) is 0. The van der Waals surface area contributed by atoms with E-state index in [1.54, 1.807) is 0 Å². The van der Waals surface area contributed by atoms with Crippen LogP contribution in [0.15, 0.2) is 0 Å². The van der Waals surface area contributed by atoms with E-state index in [1.807, 2.05) is 11.9 Å². The first kappa shape index (κ1) is 12.8. The van der Waals surface area contributed by atoms with E-state index in [-0.39, 0.29) is 5.92 Å². The van der Waals surface area contributed by atoms with E-state index in [2.05, 4.69) is 0 Å². The lowest BCUT2D eigenvalue weighted by atomic mass is 9.90. The van der Waals surface area contributed by atoms with Crippen LogP contribution in [0.1, 0.15) is 12.8 Å². The highest BCUT2D eigenvalue weighted by Gasteiger charge is 2.46. The maximum atomic E-state index is 12.8. The molecule has 0 aliphatic carbocycles. The summed E-state index contributed by atoms with van der Waals surface area (Å²) in [6.45, 7) is 1.46. The maximum Gasteiger partial charge on any atom is 0.404 e. The van der Waals surface area contributed by atoms with Crippen molar-refractivity contribution in [3.05, 3.63) is 0 Å². The zero-order valence-electron chi connectivity index (χ0n) is 9.51. The van der Waals surface area contributed by atoms with Crippen LogP contribution in [0.5, 0.6) is 0 Å². The predicted octanol–water partition coefficient (Wildman–Crippen LogP) is 1.82. The summed E-state index contributed by atoms with van der Waals surface area (Å²) in [5.41, 5.74) is 0. The second-order valence-corrected chi connectivity index (χ2v) is 4.61. The summed E-state index contributed by atoms with van der Waals surface area (Å²) in [7, 11) is 4.90. The Balaban J connectivity index is 2.71. The number of likely N-dealkylation sites (tertiary alicyclic amines) is 1. The highest BCUT2D eigenvalue weighted by molar-refractivity contribution is 4.86. The molecule has 0 saturated carbocycles. The van der Waals surface area contributed by atoms with Crippen molar-refractivity contribution < 1.29 is 13.2 Å². The third-order valence-electron chi connectivity index (χ3n) is 3.00. The third-order valence-corrected chi connectivity index (χ3v) is 3.00. The van der Waals surface area contributed by atoms with Crippen LogP contribution in [0.25, 0.3) is 0 Å². The van der Waals surface area contributed by atoms with E-state index in [1.165, 1.54) is 19.0 Å². The molecule has 90 valence electrons. The van der Waals surface area contributed by atoms with Crippen molar-refractivity contribution in [3.63, 3.8) is 0 Å². The molecule has 1 aliphatic heterocycles. The van der Waals surface area contributed by atoms with Gasteiger partial charge in [0.25, 0.3) is 0 Å². The van der Waals surface area contributed by atoms with Crippen LogP contribution in [0.3, 0.4) is 0 Å². The number of piperidine rings is 1. The van der Waals surface area contributed by atoms with Gasteiger partial charge in [-0.3, -0.25) is 4.90 Å². The minimum absolute atomic E-state index is 0.293. The van der Waals surface area contributed by atoms with Crippen LogP contribution in [0.2, 0.25) is 0 Å². The Hall–Kier alpha value is -0.290. The fourth-order valence-corrected chi connectivity index (χ4v) is 2.45. The lowest BCUT2D eigenvalue weighted by molar-refractivity contribution is -0.194. The largest absolute Gasteiger partial charge is 0.404 e. The predicted molar refractivity (Wildman–Crippen MR) is 53.8 cm³/mol. The Morgan fingerprint density at radius 2 is 1.93 bits per heavy atom. The summed E-state index contributed by atoms with van der Waals surface area (Å²) < 4.78 is 38.5. The average Bonchev–Trinajstić information content (AvgIpc) is 1.99. The molecule has 0 amide bonds. The van der Waals surface area contributed by atoms with Crippen molar-refractivity contribution in [2.45, 2.75) is 25.1 Å². The van der Waals surface area contributed by atoms with Gasteiger partial charge < -0.3 is 4.90 Å². The van der Waals surface area contributed by atoms with Crippen molar-refractivity contribution in [2.75, 3.05) is 34.2 Å². The Morgan fingerprint density at radius 3 is 2.33 bits per heavy atom. The molecule has 2 unspecified atom stereocenters. The first-order chi connectivity index (χ1) is 6.82. The number of nitrogens with zero attached hydrogens (tertiary/aromatic N) is 2. The van der Waals surface area contributed by atoms with Crippen molar-refractivity contribution in [3.8, 4) is 0 Å². The van der Waals surface area contributed by atoms with E-state index in [0.717, 1.165) is 13.0 Å². The van der Waals surface area contributed by atoms with Gasteiger partial charge in [-0.2, -0.15) is 13.2 Å². The van der Waals surface area contributed by atoms with Crippen LogP contribution in [-0.4, -0.2) is 56.3 Å². The number of hydrogen-bond donors (Lipinski definition) is 0. The summed E-state index contributed by atoms with van der Waals surface area (Å²) >= 11 is 0. The number of alkyl halides is 3. The Labute approximate surface area is 89.0 Å². The van der Waals surface area contributed by atoms with Gasteiger partial charge in [0.05, 0.1) is 0 Å². The molecule has 0 N–H and O–H groups in total. The van der Waals surface area contributed by atoms with Crippen LogP contribution in [-0.2, 0) is 0 Å². The molecule has 2 nitrogen and oxygen atoms in total. The molecule has 1 fully saturated rings. The van der Waals surface area contributed by atoms with Crippen molar-refractivity contribution >= 4 is 0 Å². The lowest BCUT2D eigenvalue weighted by Crippen LogP contribution is -2.51. The lowest BCUT2D eigenvalue weighted by Gasteiger charge is -2.38. The molecule has 0 radical (unpaired) electrons. The van der Waals surface area contributed by atoms with Gasteiger partial charge >= 0.3 is 6.18 Å². The van der Waals surface area contributed by atoms with Gasteiger partial charge in [-0.25, -0.2) is 0 Å². The maximum absolute atomic E-state index is 12.8. The molecule has 0 aromatic heterocycles. The fourth-order valence-electron chi connectivity index (χ4n) is 2.45. The van der Waals surface area contributed by atoms with Gasteiger partial charge in [0, 0.05) is 6.54 Å². The van der Waals surface area contributed by atoms with E-state index in [0.29, 0.717) is 13.0 Å². The number of hydrogen-bond acceptors (Lipinski definition) is 2. The highest BCUT2D eigenvalue weighted by atomic mass is 19.4. The SMILES string of the molecule is CN1CCCC(C(N(C)C)C(F)(F)F)C1. The quantitative estimate of drug-likeness (QED) is 0.706. The monoisotopic (exact) mass is 224 g/mol. The smallest absolute Gasteiger partial charge is 0.306 e. The van der Waals surface area contributed by atoms with Crippen molar-refractivity contribution in [2.24, 2.45) is 5.92 Å². The van der Waals surface area contributed by atoms with Crippen LogP contribution in [0.4, 0.5) is 13.2 Å². The Kier molecular flexibility index (Phi) is 4.00. The van der Waals surface area contributed by atoms with Crippen LogP contribution in [0, 0.1) is 5.92 Å². The zero-order valence-corrected chi connectivity index (χ0v) is 9.51. The second kappa shape index (κ2) is 4.70. The summed E-state index contributed by atoms with van der Waals surface area (Å²) in [6, 6.07) is -1.31. The molecule has 15 heavy (non-hydrogen) atoms.